The van der Waals surface area contributed by atoms with E-state index in [1.165, 1.54) is 16.0 Å². The third kappa shape index (κ3) is 5.39. The summed E-state index contributed by atoms with van der Waals surface area (Å²) < 4.78 is 0. The summed E-state index contributed by atoms with van der Waals surface area (Å²) in [6.07, 6.45) is 2.45. The number of nitrogens with one attached hydrogen (secondary N) is 1. The van der Waals surface area contributed by atoms with Crippen molar-refractivity contribution in [3.05, 3.63) is 57.8 Å². The van der Waals surface area contributed by atoms with Gasteiger partial charge >= 0.3 is 0 Å². The van der Waals surface area contributed by atoms with Gasteiger partial charge < -0.3 is 10.2 Å². The van der Waals surface area contributed by atoms with Crippen molar-refractivity contribution in [2.45, 2.75) is 56.7 Å². The molecular formula is C22H28N2O2S2. The highest BCUT2D eigenvalue weighted by Gasteiger charge is 2.29. The number of benzene rings is 1. The summed E-state index contributed by atoms with van der Waals surface area (Å²) in [5.74, 6) is 0.780. The van der Waals surface area contributed by atoms with Crippen LogP contribution in [0.2, 0.25) is 0 Å². The molecule has 150 valence electrons. The van der Waals surface area contributed by atoms with Crippen molar-refractivity contribution in [1.29, 1.82) is 0 Å². The number of thiophene rings is 1. The molecule has 0 radical (unpaired) electrons. The molecule has 1 aliphatic rings. The molecule has 2 aromatic rings. The summed E-state index contributed by atoms with van der Waals surface area (Å²) in [6.45, 7) is 5.36. The number of fused-ring (bicyclic) bond motifs is 1. The molecule has 2 atom stereocenters. The largest absolute Gasteiger partial charge is 0.343 e. The summed E-state index contributed by atoms with van der Waals surface area (Å²) in [5.41, 5.74) is 2.45. The highest BCUT2D eigenvalue weighted by atomic mass is 32.2. The zero-order chi connectivity index (χ0) is 19.9. The minimum absolute atomic E-state index is 0.0484. The van der Waals surface area contributed by atoms with E-state index in [0.29, 0.717) is 13.0 Å². The average Bonchev–Trinajstić information content (AvgIpc) is 3.19. The van der Waals surface area contributed by atoms with Crippen LogP contribution in [0.4, 0.5) is 0 Å². The van der Waals surface area contributed by atoms with Crippen LogP contribution < -0.4 is 5.32 Å². The van der Waals surface area contributed by atoms with Crippen LogP contribution in [0.25, 0.3) is 0 Å². The quantitative estimate of drug-likeness (QED) is 0.700. The highest BCUT2D eigenvalue weighted by molar-refractivity contribution is 7.99. The molecule has 0 saturated heterocycles. The van der Waals surface area contributed by atoms with E-state index >= 15 is 0 Å². The maximum absolute atomic E-state index is 13.1. The van der Waals surface area contributed by atoms with Gasteiger partial charge in [-0.3, -0.25) is 9.59 Å². The number of amides is 2. The topological polar surface area (TPSA) is 49.4 Å². The van der Waals surface area contributed by atoms with Crippen LogP contribution in [-0.2, 0) is 28.3 Å². The van der Waals surface area contributed by atoms with Crippen LogP contribution in [0.15, 0.2) is 41.8 Å². The molecule has 2 unspecified atom stereocenters. The zero-order valence-corrected chi connectivity index (χ0v) is 18.2. The van der Waals surface area contributed by atoms with Crippen LogP contribution in [-0.4, -0.2) is 34.6 Å². The first-order valence-electron chi connectivity index (χ1n) is 9.88. The molecule has 2 heterocycles. The Labute approximate surface area is 175 Å². The molecule has 6 heteroatoms. The molecule has 1 aromatic heterocycles. The van der Waals surface area contributed by atoms with Gasteiger partial charge in [-0.25, -0.2) is 0 Å². The van der Waals surface area contributed by atoms with Gasteiger partial charge in [0.1, 0.15) is 6.04 Å². The van der Waals surface area contributed by atoms with E-state index in [2.05, 4.69) is 28.9 Å². The molecule has 28 heavy (non-hydrogen) atoms. The summed E-state index contributed by atoms with van der Waals surface area (Å²) in [5, 5.41) is 4.92. The molecule has 0 spiro atoms. The standard InChI is InChI=1S/C22H28N2O2S2/c1-3-7-19(22(26)24-12-10-20-18(14-24)11-13-27-20)23-21(25)16(2)28-15-17-8-5-4-6-9-17/h4-6,8-9,11,13,16,19H,3,7,10,12,14-15H2,1-2H3,(H,23,25). The van der Waals surface area contributed by atoms with E-state index in [-0.39, 0.29) is 17.1 Å². The first-order chi connectivity index (χ1) is 13.6. The van der Waals surface area contributed by atoms with E-state index in [4.69, 9.17) is 0 Å². The molecule has 4 nitrogen and oxygen atoms in total. The Morgan fingerprint density at radius 1 is 1.25 bits per heavy atom. The molecule has 1 aromatic carbocycles. The lowest BCUT2D eigenvalue weighted by Crippen LogP contribution is -2.51. The Morgan fingerprint density at radius 2 is 2.04 bits per heavy atom. The summed E-state index contributed by atoms with van der Waals surface area (Å²) in [4.78, 5) is 29.0. The SMILES string of the molecule is CCCC(NC(=O)C(C)SCc1ccccc1)C(=O)N1CCc2sccc2C1. The van der Waals surface area contributed by atoms with Gasteiger partial charge in [0.25, 0.3) is 0 Å². The van der Waals surface area contributed by atoms with E-state index in [9.17, 15) is 9.59 Å². The van der Waals surface area contributed by atoms with Crippen molar-refractivity contribution in [3.8, 4) is 0 Å². The second-order valence-electron chi connectivity index (χ2n) is 7.17. The number of rotatable bonds is 8. The maximum atomic E-state index is 13.1. The second-order valence-corrected chi connectivity index (χ2v) is 9.50. The van der Waals surface area contributed by atoms with Gasteiger partial charge in [0, 0.05) is 23.7 Å². The Bertz CT molecular complexity index is 791. The first-order valence-corrected chi connectivity index (χ1v) is 11.8. The number of carbonyl (C=O) groups is 2. The molecule has 1 aliphatic heterocycles. The molecular weight excluding hydrogens is 388 g/mol. The maximum Gasteiger partial charge on any atom is 0.245 e. The van der Waals surface area contributed by atoms with Crippen molar-refractivity contribution in [1.82, 2.24) is 10.2 Å². The van der Waals surface area contributed by atoms with Gasteiger partial charge in [0.2, 0.25) is 11.8 Å². The van der Waals surface area contributed by atoms with E-state index in [1.54, 1.807) is 23.1 Å². The van der Waals surface area contributed by atoms with Crippen molar-refractivity contribution >= 4 is 34.9 Å². The Balaban J connectivity index is 1.55. The molecule has 0 fully saturated rings. The van der Waals surface area contributed by atoms with Gasteiger partial charge in [-0.1, -0.05) is 43.7 Å². The molecule has 0 saturated carbocycles. The highest BCUT2D eigenvalue weighted by Crippen LogP contribution is 2.25. The number of hydrogen-bond donors (Lipinski definition) is 1. The lowest BCUT2D eigenvalue weighted by molar-refractivity contribution is -0.137. The summed E-state index contributed by atoms with van der Waals surface area (Å²) in [7, 11) is 0. The van der Waals surface area contributed by atoms with Gasteiger partial charge in [-0.15, -0.1) is 23.1 Å². The van der Waals surface area contributed by atoms with Gasteiger partial charge in [0.05, 0.1) is 5.25 Å². The number of hydrogen-bond acceptors (Lipinski definition) is 4. The smallest absolute Gasteiger partial charge is 0.245 e. The zero-order valence-electron chi connectivity index (χ0n) is 16.5. The van der Waals surface area contributed by atoms with E-state index in [1.807, 2.05) is 36.9 Å². The van der Waals surface area contributed by atoms with E-state index in [0.717, 1.165) is 25.1 Å². The van der Waals surface area contributed by atoms with Crippen LogP contribution in [0.5, 0.6) is 0 Å². The average molecular weight is 417 g/mol. The Kier molecular flexibility index (Phi) is 7.57. The van der Waals surface area contributed by atoms with Crippen LogP contribution in [0.1, 0.15) is 42.7 Å². The first kappa shape index (κ1) is 20.9. The van der Waals surface area contributed by atoms with Gasteiger partial charge in [-0.05, 0) is 42.3 Å². The third-order valence-electron chi connectivity index (χ3n) is 5.02. The monoisotopic (exact) mass is 416 g/mol. The predicted molar refractivity (Wildman–Crippen MR) is 117 cm³/mol. The summed E-state index contributed by atoms with van der Waals surface area (Å²) in [6, 6.07) is 11.8. The Hall–Kier alpha value is -1.79. The normalized spacial score (nSPS) is 15.6. The fraction of sp³-hybridized carbons (Fsp3) is 0.455. The fourth-order valence-corrected chi connectivity index (χ4v) is 5.11. The lowest BCUT2D eigenvalue weighted by Gasteiger charge is -2.31. The molecule has 0 aliphatic carbocycles. The molecule has 0 bridgehead atoms. The van der Waals surface area contributed by atoms with Crippen molar-refractivity contribution in [2.24, 2.45) is 0 Å². The number of carbonyl (C=O) groups excluding carboxylic acids is 2. The van der Waals surface area contributed by atoms with Crippen LogP contribution in [0.3, 0.4) is 0 Å². The predicted octanol–water partition coefficient (Wildman–Crippen LogP) is 4.24. The lowest BCUT2D eigenvalue weighted by atomic mass is 10.1. The molecule has 2 amide bonds. The molecule has 1 N–H and O–H groups in total. The second kappa shape index (κ2) is 10.1. The number of nitrogens with zero attached hydrogens (tertiary/aromatic N) is 1. The van der Waals surface area contributed by atoms with Crippen molar-refractivity contribution in [3.63, 3.8) is 0 Å². The van der Waals surface area contributed by atoms with E-state index < -0.39 is 6.04 Å². The van der Waals surface area contributed by atoms with Crippen molar-refractivity contribution in [2.75, 3.05) is 6.54 Å². The van der Waals surface area contributed by atoms with Gasteiger partial charge in [-0.2, -0.15) is 0 Å². The van der Waals surface area contributed by atoms with Crippen LogP contribution in [0, 0.1) is 0 Å². The minimum atomic E-state index is -0.433. The van der Waals surface area contributed by atoms with Crippen LogP contribution >= 0.6 is 23.1 Å². The fourth-order valence-electron chi connectivity index (χ4n) is 3.36. The summed E-state index contributed by atoms with van der Waals surface area (Å²) >= 11 is 3.37. The van der Waals surface area contributed by atoms with Crippen molar-refractivity contribution < 1.29 is 9.59 Å². The third-order valence-corrected chi connectivity index (χ3v) is 7.26. The molecule has 3 rings (SSSR count). The number of thioether (sulfide) groups is 1. The Morgan fingerprint density at radius 3 is 2.79 bits per heavy atom. The van der Waals surface area contributed by atoms with Gasteiger partial charge in [0.15, 0.2) is 0 Å². The minimum Gasteiger partial charge on any atom is -0.343 e.